The van der Waals surface area contributed by atoms with Crippen molar-refractivity contribution in [2.75, 3.05) is 13.2 Å². The Morgan fingerprint density at radius 1 is 1.53 bits per heavy atom. The number of nitrogens with two attached hydrogens (primary N) is 1. The molecule has 86 valence electrons. The largest absolute Gasteiger partial charge is 0.382 e. The lowest BCUT2D eigenvalue weighted by molar-refractivity contribution is 0.141. The Labute approximate surface area is 91.4 Å². The Balaban J connectivity index is 2.51. The first-order chi connectivity index (χ1) is 7.05. The first kappa shape index (κ1) is 12.2. The Morgan fingerprint density at radius 3 is 2.87 bits per heavy atom. The average molecular weight is 211 g/mol. The van der Waals surface area contributed by atoms with Gasteiger partial charge in [0.15, 0.2) is 0 Å². The van der Waals surface area contributed by atoms with Gasteiger partial charge in [-0.15, -0.1) is 0 Å². The summed E-state index contributed by atoms with van der Waals surface area (Å²) in [4.78, 5) is 4.13. The normalized spacial score (nSPS) is 12.0. The molecular formula is C11H21N3O. The highest BCUT2D eigenvalue weighted by Crippen LogP contribution is 2.16. The molecular weight excluding hydrogens is 190 g/mol. The molecule has 2 N–H and O–H groups in total. The van der Waals surface area contributed by atoms with E-state index in [4.69, 9.17) is 10.5 Å². The smallest absolute Gasteiger partial charge is 0.0948 e. The van der Waals surface area contributed by atoms with Crippen LogP contribution in [0.1, 0.15) is 32.9 Å². The fraction of sp³-hybridized carbons (Fsp3) is 0.727. The lowest BCUT2D eigenvalue weighted by Crippen LogP contribution is -2.31. The molecule has 0 amide bonds. The number of aromatic nitrogens is 2. The summed E-state index contributed by atoms with van der Waals surface area (Å²) in [5, 5.41) is 0. The standard InChI is InChI=1S/C11H21N3O/c1-4-15-7-5-6-14-9-13-8-10(14)11(2,3)12/h8-9H,4-7,12H2,1-3H3. The lowest BCUT2D eigenvalue weighted by Gasteiger charge is -2.20. The van der Waals surface area contributed by atoms with Gasteiger partial charge in [0.25, 0.3) is 0 Å². The third-order valence-corrected chi connectivity index (χ3v) is 2.26. The quantitative estimate of drug-likeness (QED) is 0.725. The van der Waals surface area contributed by atoms with Crippen LogP contribution >= 0.6 is 0 Å². The van der Waals surface area contributed by atoms with Crippen molar-refractivity contribution in [2.45, 2.75) is 39.3 Å². The fourth-order valence-corrected chi connectivity index (χ4v) is 1.52. The van der Waals surface area contributed by atoms with Crippen LogP contribution in [0.25, 0.3) is 0 Å². The summed E-state index contributed by atoms with van der Waals surface area (Å²) in [5.41, 5.74) is 6.78. The monoisotopic (exact) mass is 211 g/mol. The van der Waals surface area contributed by atoms with Crippen LogP contribution < -0.4 is 5.73 Å². The van der Waals surface area contributed by atoms with Crippen LogP contribution in [-0.4, -0.2) is 22.8 Å². The van der Waals surface area contributed by atoms with Gasteiger partial charge in [0.05, 0.1) is 17.6 Å². The van der Waals surface area contributed by atoms with Gasteiger partial charge < -0.3 is 15.0 Å². The summed E-state index contributed by atoms with van der Waals surface area (Å²) < 4.78 is 7.39. The van der Waals surface area contributed by atoms with Gasteiger partial charge in [0.2, 0.25) is 0 Å². The van der Waals surface area contributed by atoms with Crippen LogP contribution in [0.3, 0.4) is 0 Å². The maximum absolute atomic E-state index is 6.04. The molecule has 1 aromatic rings. The molecule has 0 atom stereocenters. The van der Waals surface area contributed by atoms with Gasteiger partial charge in [-0.2, -0.15) is 0 Å². The molecule has 0 unspecified atom stereocenters. The number of hydrogen-bond acceptors (Lipinski definition) is 3. The van der Waals surface area contributed by atoms with Gasteiger partial charge >= 0.3 is 0 Å². The number of ether oxygens (including phenoxy) is 1. The van der Waals surface area contributed by atoms with E-state index in [-0.39, 0.29) is 5.54 Å². The molecule has 15 heavy (non-hydrogen) atoms. The molecule has 0 bridgehead atoms. The van der Waals surface area contributed by atoms with Gasteiger partial charge in [0, 0.05) is 26.0 Å². The molecule has 1 rings (SSSR count). The van der Waals surface area contributed by atoms with Gasteiger partial charge in [0.1, 0.15) is 0 Å². The highest BCUT2D eigenvalue weighted by Gasteiger charge is 2.18. The zero-order chi connectivity index (χ0) is 11.3. The maximum atomic E-state index is 6.04. The van der Waals surface area contributed by atoms with Crippen molar-refractivity contribution in [2.24, 2.45) is 5.73 Å². The molecule has 0 radical (unpaired) electrons. The van der Waals surface area contributed by atoms with Gasteiger partial charge in [-0.1, -0.05) is 0 Å². The first-order valence-corrected chi connectivity index (χ1v) is 5.43. The maximum Gasteiger partial charge on any atom is 0.0948 e. The van der Waals surface area contributed by atoms with E-state index in [0.717, 1.165) is 31.9 Å². The molecule has 0 aliphatic heterocycles. The van der Waals surface area contributed by atoms with Gasteiger partial charge in [-0.05, 0) is 27.2 Å². The Hall–Kier alpha value is -0.870. The topological polar surface area (TPSA) is 53.1 Å². The number of rotatable bonds is 6. The summed E-state index contributed by atoms with van der Waals surface area (Å²) in [6.07, 6.45) is 4.66. The summed E-state index contributed by atoms with van der Waals surface area (Å²) in [6, 6.07) is 0. The minimum Gasteiger partial charge on any atom is -0.382 e. The number of imidazole rings is 1. The van der Waals surface area contributed by atoms with Crippen molar-refractivity contribution in [3.63, 3.8) is 0 Å². The van der Waals surface area contributed by atoms with E-state index >= 15 is 0 Å². The van der Waals surface area contributed by atoms with E-state index in [2.05, 4.69) is 9.55 Å². The summed E-state index contributed by atoms with van der Waals surface area (Å²) in [6.45, 7) is 8.46. The van der Waals surface area contributed by atoms with E-state index in [9.17, 15) is 0 Å². The predicted octanol–water partition coefficient (Wildman–Crippen LogP) is 1.50. The van der Waals surface area contributed by atoms with Crippen molar-refractivity contribution in [3.05, 3.63) is 18.2 Å². The van der Waals surface area contributed by atoms with Crippen LogP contribution in [0.15, 0.2) is 12.5 Å². The second-order valence-electron chi connectivity index (χ2n) is 4.24. The molecule has 0 saturated heterocycles. The second-order valence-corrected chi connectivity index (χ2v) is 4.24. The average Bonchev–Trinajstić information content (AvgIpc) is 2.59. The van der Waals surface area contributed by atoms with Crippen LogP contribution in [0.4, 0.5) is 0 Å². The Kier molecular flexibility index (Phi) is 4.29. The molecule has 4 heteroatoms. The van der Waals surface area contributed by atoms with Crippen LogP contribution in [0.2, 0.25) is 0 Å². The number of nitrogens with zero attached hydrogens (tertiary/aromatic N) is 2. The molecule has 0 aromatic carbocycles. The van der Waals surface area contributed by atoms with E-state index in [1.807, 2.05) is 33.3 Å². The molecule has 1 heterocycles. The Morgan fingerprint density at radius 2 is 2.27 bits per heavy atom. The second kappa shape index (κ2) is 5.28. The third-order valence-electron chi connectivity index (χ3n) is 2.26. The molecule has 0 aliphatic carbocycles. The van der Waals surface area contributed by atoms with Crippen molar-refractivity contribution in [1.82, 2.24) is 9.55 Å². The van der Waals surface area contributed by atoms with Gasteiger partial charge in [-0.3, -0.25) is 0 Å². The molecule has 0 saturated carbocycles. The van der Waals surface area contributed by atoms with E-state index < -0.39 is 0 Å². The van der Waals surface area contributed by atoms with Gasteiger partial charge in [-0.25, -0.2) is 4.98 Å². The van der Waals surface area contributed by atoms with Crippen LogP contribution in [0, 0.1) is 0 Å². The predicted molar refractivity (Wildman–Crippen MR) is 60.6 cm³/mol. The fourth-order valence-electron chi connectivity index (χ4n) is 1.52. The number of aryl methyl sites for hydroxylation is 1. The minimum absolute atomic E-state index is 0.331. The SMILES string of the molecule is CCOCCCn1cncc1C(C)(C)N. The molecule has 0 fully saturated rings. The number of hydrogen-bond donors (Lipinski definition) is 1. The third kappa shape index (κ3) is 3.64. The van der Waals surface area contributed by atoms with E-state index in [1.165, 1.54) is 0 Å². The highest BCUT2D eigenvalue weighted by atomic mass is 16.5. The first-order valence-electron chi connectivity index (χ1n) is 5.43. The summed E-state index contributed by atoms with van der Waals surface area (Å²) in [7, 11) is 0. The van der Waals surface area contributed by atoms with E-state index in [0.29, 0.717) is 0 Å². The summed E-state index contributed by atoms with van der Waals surface area (Å²) >= 11 is 0. The van der Waals surface area contributed by atoms with Crippen molar-refractivity contribution in [1.29, 1.82) is 0 Å². The minimum atomic E-state index is -0.331. The zero-order valence-corrected chi connectivity index (χ0v) is 9.86. The molecule has 0 spiro atoms. The molecule has 0 aliphatic rings. The zero-order valence-electron chi connectivity index (χ0n) is 9.86. The van der Waals surface area contributed by atoms with E-state index in [1.54, 1.807) is 0 Å². The van der Waals surface area contributed by atoms with Crippen molar-refractivity contribution >= 4 is 0 Å². The van der Waals surface area contributed by atoms with Crippen molar-refractivity contribution in [3.8, 4) is 0 Å². The van der Waals surface area contributed by atoms with Crippen LogP contribution in [-0.2, 0) is 16.8 Å². The van der Waals surface area contributed by atoms with Crippen molar-refractivity contribution < 1.29 is 4.74 Å². The highest BCUT2D eigenvalue weighted by molar-refractivity contribution is 5.09. The summed E-state index contributed by atoms with van der Waals surface area (Å²) in [5.74, 6) is 0. The molecule has 4 nitrogen and oxygen atoms in total. The van der Waals surface area contributed by atoms with Crippen LogP contribution in [0.5, 0.6) is 0 Å². The Bertz CT molecular complexity index is 288. The lowest BCUT2D eigenvalue weighted by atomic mass is 10.0. The molecule has 1 aromatic heterocycles.